The van der Waals surface area contributed by atoms with Gasteiger partial charge in [0.1, 0.15) is 5.82 Å². The SMILES string of the molecule is Cn1cc(N2CCC(=O)NC2=O)c2cc(F)c(B3OC(C)(C)C(C)(C)O3)cc21. The van der Waals surface area contributed by atoms with E-state index in [1.165, 1.54) is 11.0 Å². The summed E-state index contributed by atoms with van der Waals surface area (Å²) in [7, 11) is 1.01. The highest BCUT2D eigenvalue weighted by Crippen LogP contribution is 2.37. The molecule has 148 valence electrons. The Balaban J connectivity index is 1.76. The van der Waals surface area contributed by atoms with Crippen LogP contribution in [0.1, 0.15) is 34.1 Å². The zero-order valence-corrected chi connectivity index (χ0v) is 16.6. The number of amides is 3. The fraction of sp³-hybridized carbons (Fsp3) is 0.474. The zero-order chi connectivity index (χ0) is 20.4. The van der Waals surface area contributed by atoms with Crippen molar-refractivity contribution in [2.24, 2.45) is 7.05 Å². The maximum Gasteiger partial charge on any atom is 0.497 e. The van der Waals surface area contributed by atoms with Gasteiger partial charge in [-0.3, -0.25) is 15.0 Å². The van der Waals surface area contributed by atoms with E-state index in [2.05, 4.69) is 5.32 Å². The van der Waals surface area contributed by atoms with E-state index in [1.807, 2.05) is 39.3 Å². The highest BCUT2D eigenvalue weighted by molar-refractivity contribution is 6.62. The van der Waals surface area contributed by atoms with Crippen molar-refractivity contribution in [2.75, 3.05) is 11.4 Å². The van der Waals surface area contributed by atoms with E-state index in [-0.39, 0.29) is 18.9 Å². The second-order valence-electron chi connectivity index (χ2n) is 8.36. The molecule has 0 radical (unpaired) electrons. The van der Waals surface area contributed by atoms with Crippen molar-refractivity contribution in [3.8, 4) is 0 Å². The molecule has 4 rings (SSSR count). The number of anilines is 1. The molecule has 3 heterocycles. The minimum Gasteiger partial charge on any atom is -0.399 e. The van der Waals surface area contributed by atoms with Gasteiger partial charge in [-0.25, -0.2) is 9.18 Å². The van der Waals surface area contributed by atoms with Crippen molar-refractivity contribution < 1.29 is 23.3 Å². The van der Waals surface area contributed by atoms with Crippen LogP contribution >= 0.6 is 0 Å². The normalized spacial score (nSPS) is 21.5. The van der Waals surface area contributed by atoms with Gasteiger partial charge in [-0.15, -0.1) is 0 Å². The quantitative estimate of drug-likeness (QED) is 0.801. The second-order valence-corrected chi connectivity index (χ2v) is 8.36. The number of nitrogens with zero attached hydrogens (tertiary/aromatic N) is 2. The zero-order valence-electron chi connectivity index (χ0n) is 16.6. The molecule has 9 heteroatoms. The van der Waals surface area contributed by atoms with Crippen LogP contribution in [0.3, 0.4) is 0 Å². The summed E-state index contributed by atoms with van der Waals surface area (Å²) in [5, 5.41) is 2.88. The standard InChI is InChI=1S/C19H23BFN3O4/c1-18(2)19(3,4)28-20(27-18)12-9-14-11(8-13(12)21)15(10-23(14)5)24-7-6-16(25)22-17(24)26/h8-10H,6-7H2,1-5H3,(H,22,25,26). The molecule has 2 aromatic rings. The topological polar surface area (TPSA) is 72.8 Å². The van der Waals surface area contributed by atoms with Crippen LogP contribution in [0, 0.1) is 5.82 Å². The largest absolute Gasteiger partial charge is 0.497 e. The third-order valence-electron chi connectivity index (χ3n) is 5.94. The Hall–Kier alpha value is -2.39. The number of halogens is 1. The molecule has 1 aromatic heterocycles. The van der Waals surface area contributed by atoms with Crippen molar-refractivity contribution in [3.63, 3.8) is 0 Å². The molecule has 2 saturated heterocycles. The summed E-state index contributed by atoms with van der Waals surface area (Å²) >= 11 is 0. The van der Waals surface area contributed by atoms with E-state index in [1.54, 1.807) is 12.3 Å². The van der Waals surface area contributed by atoms with Gasteiger partial charge in [-0.05, 0) is 39.8 Å². The van der Waals surface area contributed by atoms with Crippen LogP contribution in [0.5, 0.6) is 0 Å². The average Bonchev–Trinajstić information content (AvgIpc) is 2.99. The number of urea groups is 1. The van der Waals surface area contributed by atoms with Gasteiger partial charge in [0.2, 0.25) is 5.91 Å². The molecule has 2 aliphatic rings. The lowest BCUT2D eigenvalue weighted by molar-refractivity contribution is -0.120. The van der Waals surface area contributed by atoms with E-state index >= 15 is 4.39 Å². The molecule has 3 amide bonds. The fourth-order valence-electron chi connectivity index (χ4n) is 3.56. The van der Waals surface area contributed by atoms with Crippen molar-refractivity contribution in [3.05, 3.63) is 24.1 Å². The van der Waals surface area contributed by atoms with Crippen LogP contribution in [0.4, 0.5) is 14.9 Å². The molecule has 2 fully saturated rings. The first-order valence-electron chi connectivity index (χ1n) is 9.25. The molecule has 0 spiro atoms. The average molecular weight is 387 g/mol. The van der Waals surface area contributed by atoms with E-state index in [4.69, 9.17) is 9.31 Å². The number of carbonyl (C=O) groups excluding carboxylic acids is 2. The highest BCUT2D eigenvalue weighted by Gasteiger charge is 2.52. The molecule has 1 aromatic carbocycles. The fourth-order valence-corrected chi connectivity index (χ4v) is 3.56. The van der Waals surface area contributed by atoms with Crippen LogP contribution in [0.25, 0.3) is 10.9 Å². The maximum absolute atomic E-state index is 15.0. The van der Waals surface area contributed by atoms with Gasteiger partial charge in [0.05, 0.1) is 16.9 Å². The van der Waals surface area contributed by atoms with Crippen LogP contribution in [0.2, 0.25) is 0 Å². The summed E-state index contributed by atoms with van der Waals surface area (Å²) in [5.41, 5.74) is 0.470. The van der Waals surface area contributed by atoms with Crippen LogP contribution in [-0.4, -0.2) is 41.4 Å². The molecular weight excluding hydrogens is 364 g/mol. The van der Waals surface area contributed by atoms with Gasteiger partial charge in [0, 0.05) is 42.6 Å². The first kappa shape index (κ1) is 19.0. The molecule has 1 N–H and O–H groups in total. The van der Waals surface area contributed by atoms with E-state index in [9.17, 15) is 9.59 Å². The predicted molar refractivity (Wildman–Crippen MR) is 104 cm³/mol. The van der Waals surface area contributed by atoms with Crippen LogP contribution in [-0.2, 0) is 21.2 Å². The molecular formula is C19H23BFN3O4. The lowest BCUT2D eigenvalue weighted by atomic mass is 9.78. The molecule has 28 heavy (non-hydrogen) atoms. The molecule has 0 saturated carbocycles. The summed E-state index contributed by atoms with van der Waals surface area (Å²) in [6, 6.07) is 2.59. The molecule has 0 aliphatic carbocycles. The van der Waals surface area contributed by atoms with E-state index in [0.717, 1.165) is 5.52 Å². The Morgan fingerprint density at radius 2 is 1.79 bits per heavy atom. The van der Waals surface area contributed by atoms with Crippen LogP contribution < -0.4 is 15.7 Å². The molecule has 0 atom stereocenters. The van der Waals surface area contributed by atoms with Crippen LogP contribution in [0.15, 0.2) is 18.3 Å². The Labute approximate surface area is 162 Å². The second kappa shape index (κ2) is 6.05. The molecule has 0 bridgehead atoms. The van der Waals surface area contributed by atoms with Gasteiger partial charge >= 0.3 is 13.1 Å². The van der Waals surface area contributed by atoms with Crippen molar-refractivity contribution in [1.29, 1.82) is 0 Å². The number of benzene rings is 1. The van der Waals surface area contributed by atoms with Gasteiger partial charge < -0.3 is 13.9 Å². The molecule has 0 unspecified atom stereocenters. The number of aryl methyl sites for hydroxylation is 1. The number of hydrogen-bond acceptors (Lipinski definition) is 4. The Kier molecular flexibility index (Phi) is 4.10. The Morgan fingerprint density at radius 3 is 2.39 bits per heavy atom. The van der Waals surface area contributed by atoms with Crippen molar-refractivity contribution in [1.82, 2.24) is 9.88 Å². The Morgan fingerprint density at radius 1 is 1.14 bits per heavy atom. The summed E-state index contributed by atoms with van der Waals surface area (Å²) < 4.78 is 28.8. The summed E-state index contributed by atoms with van der Waals surface area (Å²) in [4.78, 5) is 25.1. The Bertz CT molecular complexity index is 985. The van der Waals surface area contributed by atoms with E-state index in [0.29, 0.717) is 16.5 Å². The minimum atomic E-state index is -0.816. The van der Waals surface area contributed by atoms with Gasteiger partial charge in [0.25, 0.3) is 0 Å². The number of aromatic nitrogens is 1. The molecule has 7 nitrogen and oxygen atoms in total. The first-order chi connectivity index (χ1) is 13.0. The number of fused-ring (bicyclic) bond motifs is 1. The highest BCUT2D eigenvalue weighted by atomic mass is 19.1. The number of hydrogen-bond donors (Lipinski definition) is 1. The first-order valence-corrected chi connectivity index (χ1v) is 9.25. The lowest BCUT2D eigenvalue weighted by Crippen LogP contribution is -2.49. The number of nitrogens with one attached hydrogen (secondary N) is 1. The number of carbonyl (C=O) groups is 2. The predicted octanol–water partition coefficient (Wildman–Crippen LogP) is 2.06. The monoisotopic (exact) mass is 387 g/mol. The summed E-state index contributed by atoms with van der Waals surface area (Å²) in [5.74, 6) is -0.775. The van der Waals surface area contributed by atoms with Crippen molar-refractivity contribution >= 4 is 41.1 Å². The smallest absolute Gasteiger partial charge is 0.399 e. The summed E-state index contributed by atoms with van der Waals surface area (Å²) in [6.45, 7) is 7.92. The third kappa shape index (κ3) is 2.81. The minimum absolute atomic E-state index is 0.205. The van der Waals surface area contributed by atoms with Gasteiger partial charge in [-0.1, -0.05) is 0 Å². The number of rotatable bonds is 2. The van der Waals surface area contributed by atoms with Gasteiger partial charge in [0.15, 0.2) is 0 Å². The number of imide groups is 1. The third-order valence-corrected chi connectivity index (χ3v) is 5.94. The summed E-state index contributed by atoms with van der Waals surface area (Å²) in [6.07, 6.45) is 1.96. The van der Waals surface area contributed by atoms with Gasteiger partial charge in [-0.2, -0.15) is 0 Å². The molecule has 2 aliphatic heterocycles. The van der Waals surface area contributed by atoms with Crippen molar-refractivity contribution in [2.45, 2.75) is 45.3 Å². The van der Waals surface area contributed by atoms with E-state index < -0.39 is 30.2 Å². The lowest BCUT2D eigenvalue weighted by Gasteiger charge is -2.32. The maximum atomic E-state index is 15.0.